The molecule has 1 atom stereocenters. The van der Waals surface area contributed by atoms with Gasteiger partial charge in [0.05, 0.1) is 6.04 Å². The molecule has 0 radical (unpaired) electrons. The van der Waals surface area contributed by atoms with Gasteiger partial charge in [0.2, 0.25) is 0 Å². The minimum atomic E-state index is 0. The topological polar surface area (TPSA) is 15.7 Å². The van der Waals surface area contributed by atoms with Crippen molar-refractivity contribution < 1.29 is 4.74 Å². The van der Waals surface area contributed by atoms with E-state index < -0.39 is 0 Å². The Hall–Kier alpha value is -0.490. The second kappa shape index (κ2) is 11.1. The van der Waals surface area contributed by atoms with Crippen LogP contribution in [0.2, 0.25) is 5.02 Å². The number of fused-ring (bicyclic) bond motifs is 1. The first-order chi connectivity index (χ1) is 12.7. The number of rotatable bonds is 4. The van der Waals surface area contributed by atoms with Crippen LogP contribution >= 0.6 is 52.3 Å². The Bertz CT molecular complexity index is 754. The minimum absolute atomic E-state index is 0. The summed E-state index contributed by atoms with van der Waals surface area (Å²) in [4.78, 5) is 5.13. The van der Waals surface area contributed by atoms with E-state index >= 15 is 0 Å². The molecule has 0 bridgehead atoms. The molecule has 0 amide bonds. The second-order valence-electron chi connectivity index (χ2n) is 7.07. The smallest absolute Gasteiger partial charge is 0.124 e. The van der Waals surface area contributed by atoms with Crippen LogP contribution in [0.25, 0.3) is 0 Å². The first-order valence-corrected chi connectivity index (χ1v) is 10.5. The average Bonchev–Trinajstić information content (AvgIpc) is 3.09. The molecule has 154 valence electrons. The summed E-state index contributed by atoms with van der Waals surface area (Å²) >= 11 is 9.78. The lowest BCUT2D eigenvalue weighted by molar-refractivity contribution is 0.177. The maximum Gasteiger partial charge on any atom is 0.124 e. The van der Waals surface area contributed by atoms with Crippen LogP contribution in [-0.4, -0.2) is 49.1 Å². The molecule has 0 aromatic heterocycles. The van der Waals surface area contributed by atoms with E-state index in [0.717, 1.165) is 41.5 Å². The molecular formula is C21H26BrCl3N2O. The molecule has 2 aromatic carbocycles. The van der Waals surface area contributed by atoms with Gasteiger partial charge < -0.3 is 9.64 Å². The molecule has 0 N–H and O–H groups in total. The molecule has 1 saturated heterocycles. The summed E-state index contributed by atoms with van der Waals surface area (Å²) < 4.78 is 7.16. The summed E-state index contributed by atoms with van der Waals surface area (Å²) in [5.74, 6) is 0.983. The number of benzene rings is 2. The molecule has 0 saturated carbocycles. The quantitative estimate of drug-likeness (QED) is 0.517. The highest BCUT2D eigenvalue weighted by Gasteiger charge is 2.28. The number of hydrogen-bond acceptors (Lipinski definition) is 3. The van der Waals surface area contributed by atoms with Crippen molar-refractivity contribution in [3.8, 4) is 5.75 Å². The largest absolute Gasteiger partial charge is 0.492 e. The van der Waals surface area contributed by atoms with Crippen LogP contribution in [0, 0.1) is 0 Å². The van der Waals surface area contributed by atoms with Gasteiger partial charge in [-0.15, -0.1) is 24.8 Å². The number of halogens is 4. The zero-order valence-corrected chi connectivity index (χ0v) is 19.6. The van der Waals surface area contributed by atoms with Gasteiger partial charge in [0, 0.05) is 34.7 Å². The lowest BCUT2D eigenvalue weighted by atomic mass is 9.96. The van der Waals surface area contributed by atoms with Gasteiger partial charge in [-0.25, -0.2) is 0 Å². The third-order valence-corrected chi connectivity index (χ3v) is 6.10. The maximum atomic E-state index is 6.14. The van der Waals surface area contributed by atoms with Crippen molar-refractivity contribution in [2.24, 2.45) is 0 Å². The third kappa shape index (κ3) is 5.56. The van der Waals surface area contributed by atoms with Crippen LogP contribution in [0.1, 0.15) is 30.0 Å². The first-order valence-electron chi connectivity index (χ1n) is 9.35. The molecule has 7 heteroatoms. The van der Waals surface area contributed by atoms with Crippen molar-refractivity contribution in [3.63, 3.8) is 0 Å². The molecule has 4 rings (SSSR count). The Kier molecular flexibility index (Phi) is 9.39. The molecule has 2 aliphatic heterocycles. The van der Waals surface area contributed by atoms with Gasteiger partial charge in [-0.05, 0) is 61.8 Å². The van der Waals surface area contributed by atoms with Crippen molar-refractivity contribution in [2.45, 2.75) is 18.9 Å². The molecule has 2 aliphatic rings. The van der Waals surface area contributed by atoms with Gasteiger partial charge in [0.15, 0.2) is 0 Å². The van der Waals surface area contributed by atoms with E-state index in [-0.39, 0.29) is 30.9 Å². The minimum Gasteiger partial charge on any atom is -0.492 e. The van der Waals surface area contributed by atoms with E-state index in [1.54, 1.807) is 0 Å². The van der Waals surface area contributed by atoms with E-state index in [0.29, 0.717) is 0 Å². The summed E-state index contributed by atoms with van der Waals surface area (Å²) in [5.41, 5.74) is 2.49. The van der Waals surface area contributed by atoms with Crippen molar-refractivity contribution in [2.75, 3.05) is 39.3 Å². The zero-order valence-electron chi connectivity index (χ0n) is 15.7. The summed E-state index contributed by atoms with van der Waals surface area (Å²) in [7, 11) is 0. The van der Waals surface area contributed by atoms with E-state index in [2.05, 4.69) is 56.1 Å². The van der Waals surface area contributed by atoms with Gasteiger partial charge in [0.1, 0.15) is 12.4 Å². The number of nitrogens with zero attached hydrogens (tertiary/aromatic N) is 2. The van der Waals surface area contributed by atoms with E-state index in [9.17, 15) is 0 Å². The van der Waals surface area contributed by atoms with E-state index in [1.807, 2.05) is 12.1 Å². The Morgan fingerprint density at radius 3 is 2.39 bits per heavy atom. The summed E-state index contributed by atoms with van der Waals surface area (Å²) in [6, 6.07) is 14.8. The SMILES string of the molecule is Cl.Cl.Clc1ccc(C2c3cc(Br)ccc3OCCN2CCN2CCCC2)cc1. The fraction of sp³-hybridized carbons (Fsp3) is 0.429. The summed E-state index contributed by atoms with van der Waals surface area (Å²) in [6.07, 6.45) is 2.67. The molecular weight excluding hydrogens is 483 g/mol. The maximum absolute atomic E-state index is 6.14. The highest BCUT2D eigenvalue weighted by Crippen LogP contribution is 2.38. The summed E-state index contributed by atoms with van der Waals surface area (Å²) in [6.45, 7) is 6.28. The average molecular weight is 509 g/mol. The van der Waals surface area contributed by atoms with Crippen LogP contribution in [0.15, 0.2) is 46.9 Å². The van der Waals surface area contributed by atoms with Crippen LogP contribution in [0.5, 0.6) is 5.75 Å². The predicted octanol–water partition coefficient (Wildman–Crippen LogP) is 5.83. The molecule has 1 fully saturated rings. The van der Waals surface area contributed by atoms with Crippen molar-refractivity contribution >= 4 is 52.3 Å². The Labute approximate surface area is 193 Å². The molecule has 2 aromatic rings. The molecule has 1 unspecified atom stereocenters. The molecule has 3 nitrogen and oxygen atoms in total. The second-order valence-corrected chi connectivity index (χ2v) is 8.42. The van der Waals surface area contributed by atoms with Gasteiger partial charge in [-0.3, -0.25) is 4.90 Å². The Morgan fingerprint density at radius 2 is 1.68 bits per heavy atom. The fourth-order valence-corrected chi connectivity index (χ4v) is 4.52. The van der Waals surface area contributed by atoms with Crippen LogP contribution in [0.3, 0.4) is 0 Å². The van der Waals surface area contributed by atoms with Gasteiger partial charge in [-0.2, -0.15) is 0 Å². The normalized spacial score (nSPS) is 19.7. The van der Waals surface area contributed by atoms with Crippen LogP contribution < -0.4 is 4.74 Å². The standard InChI is InChI=1S/C21H24BrClN2O.2ClH/c22-17-5-8-20-19(15-17)21(16-3-6-18(23)7-4-16)25(13-14-26-20)12-11-24-9-1-2-10-24;;/h3-8,15,21H,1-2,9-14H2;2*1H. The van der Waals surface area contributed by atoms with Gasteiger partial charge >= 0.3 is 0 Å². The monoisotopic (exact) mass is 506 g/mol. The zero-order chi connectivity index (χ0) is 17.9. The Balaban J connectivity index is 0.00000140. The highest BCUT2D eigenvalue weighted by atomic mass is 79.9. The number of ether oxygens (including phenoxy) is 1. The van der Waals surface area contributed by atoms with E-state index in [1.165, 1.54) is 37.1 Å². The molecule has 0 spiro atoms. The van der Waals surface area contributed by atoms with Crippen molar-refractivity contribution in [3.05, 3.63) is 63.1 Å². The summed E-state index contributed by atoms with van der Waals surface area (Å²) in [5, 5.41) is 0.775. The first kappa shape index (κ1) is 23.8. The van der Waals surface area contributed by atoms with Crippen molar-refractivity contribution in [1.82, 2.24) is 9.80 Å². The van der Waals surface area contributed by atoms with Crippen LogP contribution in [-0.2, 0) is 0 Å². The Morgan fingerprint density at radius 1 is 0.964 bits per heavy atom. The number of hydrogen-bond donors (Lipinski definition) is 0. The van der Waals surface area contributed by atoms with Gasteiger partial charge in [-0.1, -0.05) is 39.7 Å². The van der Waals surface area contributed by atoms with Crippen LogP contribution in [0.4, 0.5) is 0 Å². The highest BCUT2D eigenvalue weighted by molar-refractivity contribution is 9.10. The predicted molar refractivity (Wildman–Crippen MR) is 125 cm³/mol. The number of likely N-dealkylation sites (tertiary alicyclic amines) is 1. The van der Waals surface area contributed by atoms with Gasteiger partial charge in [0.25, 0.3) is 0 Å². The molecule has 28 heavy (non-hydrogen) atoms. The molecule has 0 aliphatic carbocycles. The lowest BCUT2D eigenvalue weighted by Gasteiger charge is -2.32. The van der Waals surface area contributed by atoms with E-state index in [4.69, 9.17) is 16.3 Å². The lowest BCUT2D eigenvalue weighted by Crippen LogP contribution is -2.37. The van der Waals surface area contributed by atoms with Crippen molar-refractivity contribution in [1.29, 1.82) is 0 Å². The fourth-order valence-electron chi connectivity index (χ4n) is 4.02. The molecule has 2 heterocycles. The third-order valence-electron chi connectivity index (χ3n) is 5.36.